The number of nitrogen functional groups attached to an aromatic ring is 1. The maximum Gasteiger partial charge on any atom is 0.338 e. The molecule has 3 aromatic rings. The topological polar surface area (TPSA) is 76.2 Å². The van der Waals surface area contributed by atoms with Crippen LogP contribution in [-0.4, -0.2) is 16.1 Å². The second-order valence-corrected chi connectivity index (χ2v) is 6.68. The third kappa shape index (κ3) is 2.86. The van der Waals surface area contributed by atoms with E-state index in [1.807, 2.05) is 24.3 Å². The quantitative estimate of drug-likeness (QED) is 0.564. The molecule has 2 aromatic carbocycles. The van der Waals surface area contributed by atoms with Crippen molar-refractivity contribution in [2.75, 3.05) is 5.73 Å². The van der Waals surface area contributed by atoms with Crippen molar-refractivity contribution >= 4 is 45.0 Å². The molecule has 3 N–H and O–H groups in total. The van der Waals surface area contributed by atoms with Gasteiger partial charge in [-0.25, -0.2) is 9.78 Å². The van der Waals surface area contributed by atoms with E-state index in [-0.39, 0.29) is 5.56 Å². The van der Waals surface area contributed by atoms with E-state index in [0.717, 1.165) is 14.6 Å². The molecular weight excluding hydrogens is 304 g/mol. The van der Waals surface area contributed by atoms with Crippen LogP contribution in [0.1, 0.15) is 15.9 Å². The molecule has 0 aliphatic heterocycles. The molecule has 0 radical (unpaired) electrons. The normalized spacial score (nSPS) is 10.9. The van der Waals surface area contributed by atoms with Crippen molar-refractivity contribution in [1.29, 1.82) is 0 Å². The van der Waals surface area contributed by atoms with Crippen molar-refractivity contribution < 1.29 is 9.90 Å². The summed E-state index contributed by atoms with van der Waals surface area (Å²) in [6.07, 6.45) is 0. The molecule has 0 aliphatic rings. The molecule has 0 fully saturated rings. The molecule has 0 aliphatic carbocycles. The number of benzene rings is 2. The van der Waals surface area contributed by atoms with Crippen LogP contribution < -0.4 is 5.73 Å². The Balaban J connectivity index is 1.85. The lowest BCUT2D eigenvalue weighted by Crippen LogP contribution is -2.06. The second kappa shape index (κ2) is 5.75. The third-order valence-electron chi connectivity index (χ3n) is 3.02. The van der Waals surface area contributed by atoms with Gasteiger partial charge in [-0.3, -0.25) is 0 Å². The molecule has 0 spiro atoms. The Bertz CT molecular complexity index is 781. The Hall–Kier alpha value is -2.05. The highest BCUT2D eigenvalue weighted by Gasteiger charge is 2.14. The van der Waals surface area contributed by atoms with E-state index < -0.39 is 5.97 Å². The summed E-state index contributed by atoms with van der Waals surface area (Å²) in [6, 6.07) is 13.1. The summed E-state index contributed by atoms with van der Waals surface area (Å²) >= 11 is 3.14. The van der Waals surface area contributed by atoms with Crippen LogP contribution in [-0.2, 0) is 5.75 Å². The minimum atomic E-state index is -0.993. The first-order chi connectivity index (χ1) is 10.1. The first-order valence-electron chi connectivity index (χ1n) is 6.24. The lowest BCUT2D eigenvalue weighted by atomic mass is 10.1. The third-order valence-corrected chi connectivity index (χ3v) is 5.25. The summed E-state index contributed by atoms with van der Waals surface area (Å²) in [6.45, 7) is 0. The van der Waals surface area contributed by atoms with E-state index in [9.17, 15) is 9.90 Å². The fourth-order valence-electron chi connectivity index (χ4n) is 2.05. The highest BCUT2D eigenvalue weighted by Crippen LogP contribution is 2.32. The Morgan fingerprint density at radius 3 is 2.81 bits per heavy atom. The van der Waals surface area contributed by atoms with Crippen LogP contribution in [0, 0.1) is 0 Å². The van der Waals surface area contributed by atoms with Crippen LogP contribution in [0.3, 0.4) is 0 Å². The molecule has 3 rings (SSSR count). The number of carboxylic acids is 1. The first-order valence-corrected chi connectivity index (χ1v) is 8.04. The van der Waals surface area contributed by atoms with E-state index >= 15 is 0 Å². The van der Waals surface area contributed by atoms with Gasteiger partial charge in [-0.15, -0.1) is 11.3 Å². The van der Waals surface area contributed by atoms with E-state index in [1.165, 1.54) is 11.8 Å². The van der Waals surface area contributed by atoms with Gasteiger partial charge in [0.1, 0.15) is 0 Å². The zero-order valence-corrected chi connectivity index (χ0v) is 12.6. The van der Waals surface area contributed by atoms with Gasteiger partial charge in [0, 0.05) is 11.4 Å². The molecule has 1 heterocycles. The van der Waals surface area contributed by atoms with Crippen LogP contribution in [0.15, 0.2) is 46.8 Å². The maximum atomic E-state index is 11.3. The Morgan fingerprint density at radius 1 is 1.24 bits per heavy atom. The summed E-state index contributed by atoms with van der Waals surface area (Å²) in [7, 11) is 0. The molecule has 0 saturated heterocycles. The molecule has 106 valence electrons. The number of aromatic carboxylic acids is 1. The number of aromatic nitrogens is 1. The maximum absolute atomic E-state index is 11.3. The number of nitrogens with zero attached hydrogens (tertiary/aromatic N) is 1. The number of anilines is 1. The highest BCUT2D eigenvalue weighted by atomic mass is 32.2. The molecule has 0 atom stereocenters. The zero-order chi connectivity index (χ0) is 14.8. The number of thioether (sulfide) groups is 1. The summed E-state index contributed by atoms with van der Waals surface area (Å²) in [4.78, 5) is 15.8. The van der Waals surface area contributed by atoms with Crippen molar-refractivity contribution in [2.24, 2.45) is 0 Å². The number of hydrogen-bond donors (Lipinski definition) is 2. The molecule has 4 nitrogen and oxygen atoms in total. The van der Waals surface area contributed by atoms with Crippen molar-refractivity contribution in [2.45, 2.75) is 10.1 Å². The van der Waals surface area contributed by atoms with Gasteiger partial charge in [-0.2, -0.15) is 0 Å². The molecule has 0 bridgehead atoms. The summed E-state index contributed by atoms with van der Waals surface area (Å²) < 4.78 is 2.06. The number of fused-ring (bicyclic) bond motifs is 1. The lowest BCUT2D eigenvalue weighted by molar-refractivity contribution is 0.0697. The smallest absolute Gasteiger partial charge is 0.338 e. The number of nitrogens with two attached hydrogens (primary N) is 1. The lowest BCUT2D eigenvalue weighted by Gasteiger charge is -2.07. The summed E-state index contributed by atoms with van der Waals surface area (Å²) in [5.41, 5.74) is 7.91. The average molecular weight is 316 g/mol. The number of carbonyl (C=O) groups is 1. The second-order valence-electron chi connectivity index (χ2n) is 4.42. The van der Waals surface area contributed by atoms with Gasteiger partial charge >= 0.3 is 5.97 Å². The Kier molecular flexibility index (Phi) is 3.81. The summed E-state index contributed by atoms with van der Waals surface area (Å²) in [5.74, 6) is -0.458. The molecule has 0 amide bonds. The zero-order valence-electron chi connectivity index (χ0n) is 10.9. The number of para-hydroxylation sites is 1. The molecular formula is C15H12N2O2S2. The van der Waals surface area contributed by atoms with Gasteiger partial charge in [-0.05, 0) is 23.8 Å². The van der Waals surface area contributed by atoms with Crippen molar-refractivity contribution in [1.82, 2.24) is 4.98 Å². The fraction of sp³-hybridized carbons (Fsp3) is 0.0667. The number of carboxylic acid groups (broad SMARTS) is 1. The monoisotopic (exact) mass is 316 g/mol. The van der Waals surface area contributed by atoms with Gasteiger partial charge in [0.25, 0.3) is 0 Å². The highest BCUT2D eigenvalue weighted by molar-refractivity contribution is 8.00. The number of thiazole rings is 1. The Morgan fingerprint density at radius 2 is 2.05 bits per heavy atom. The molecule has 1 aromatic heterocycles. The first kappa shape index (κ1) is 13.9. The van der Waals surface area contributed by atoms with Gasteiger partial charge < -0.3 is 10.8 Å². The molecule has 0 unspecified atom stereocenters. The predicted octanol–water partition coefficient (Wildman–Crippen LogP) is 3.87. The molecule has 0 saturated carbocycles. The van der Waals surface area contributed by atoms with Crippen LogP contribution in [0.5, 0.6) is 0 Å². The van der Waals surface area contributed by atoms with Gasteiger partial charge in [0.05, 0.1) is 15.8 Å². The largest absolute Gasteiger partial charge is 0.478 e. The summed E-state index contributed by atoms with van der Waals surface area (Å²) in [5, 5.41) is 9.26. The van der Waals surface area contributed by atoms with Crippen molar-refractivity contribution in [3.05, 3.63) is 53.6 Å². The minimum Gasteiger partial charge on any atom is -0.478 e. The average Bonchev–Trinajstić information content (AvgIpc) is 2.87. The van der Waals surface area contributed by atoms with Gasteiger partial charge in [0.2, 0.25) is 0 Å². The van der Waals surface area contributed by atoms with Crippen LogP contribution in [0.2, 0.25) is 0 Å². The van der Waals surface area contributed by atoms with Crippen molar-refractivity contribution in [3.63, 3.8) is 0 Å². The van der Waals surface area contributed by atoms with Crippen LogP contribution in [0.4, 0.5) is 5.69 Å². The van der Waals surface area contributed by atoms with E-state index in [1.54, 1.807) is 29.5 Å². The fourth-order valence-corrected chi connectivity index (χ4v) is 4.11. The standard InChI is InChI=1S/C15H12N2O2S2/c16-10-5-3-4-9(13(10)14(18)19)8-20-15-17-11-6-1-2-7-12(11)21-15/h1-7H,8,16H2,(H,18,19). The van der Waals surface area contributed by atoms with E-state index in [2.05, 4.69) is 4.98 Å². The number of hydrogen-bond acceptors (Lipinski definition) is 5. The Labute approximate surface area is 129 Å². The minimum absolute atomic E-state index is 0.186. The molecule has 21 heavy (non-hydrogen) atoms. The van der Waals surface area contributed by atoms with Crippen molar-refractivity contribution in [3.8, 4) is 0 Å². The van der Waals surface area contributed by atoms with E-state index in [0.29, 0.717) is 17.0 Å². The van der Waals surface area contributed by atoms with Gasteiger partial charge in [0.15, 0.2) is 4.34 Å². The SMILES string of the molecule is Nc1cccc(CSc2nc3ccccc3s2)c1C(=O)O. The molecule has 6 heteroatoms. The van der Waals surface area contributed by atoms with Gasteiger partial charge in [-0.1, -0.05) is 36.0 Å². The van der Waals surface area contributed by atoms with Crippen LogP contribution in [0.25, 0.3) is 10.2 Å². The number of rotatable bonds is 4. The van der Waals surface area contributed by atoms with E-state index in [4.69, 9.17) is 5.73 Å². The predicted molar refractivity (Wildman–Crippen MR) is 87.0 cm³/mol. The van der Waals surface area contributed by atoms with Crippen LogP contribution >= 0.6 is 23.1 Å².